The molecule has 21 heavy (non-hydrogen) atoms. The van der Waals surface area contributed by atoms with E-state index in [0.717, 1.165) is 12.2 Å². The number of anilines is 1. The van der Waals surface area contributed by atoms with Crippen LogP contribution in [0.15, 0.2) is 24.3 Å². The summed E-state index contributed by atoms with van der Waals surface area (Å²) >= 11 is 0. The SMILES string of the molecule is CCC(C)NC(=O)CC(=O)Nc1ccc(OC(C)C)cc1. The van der Waals surface area contributed by atoms with Crippen LogP contribution in [-0.2, 0) is 9.59 Å². The van der Waals surface area contributed by atoms with E-state index in [9.17, 15) is 9.59 Å². The molecule has 1 atom stereocenters. The molecule has 0 spiro atoms. The van der Waals surface area contributed by atoms with Crippen molar-refractivity contribution in [3.8, 4) is 5.75 Å². The molecule has 1 aromatic rings. The minimum absolute atomic E-state index is 0.0813. The maximum absolute atomic E-state index is 11.8. The van der Waals surface area contributed by atoms with Crippen LogP contribution in [0.1, 0.15) is 40.5 Å². The average molecular weight is 292 g/mol. The van der Waals surface area contributed by atoms with E-state index in [-0.39, 0.29) is 30.4 Å². The number of amides is 2. The Morgan fingerprint density at radius 2 is 1.71 bits per heavy atom. The van der Waals surface area contributed by atoms with Crippen LogP contribution in [0.2, 0.25) is 0 Å². The summed E-state index contributed by atoms with van der Waals surface area (Å²) in [5.74, 6) is 0.160. The van der Waals surface area contributed by atoms with Gasteiger partial charge in [-0.3, -0.25) is 9.59 Å². The van der Waals surface area contributed by atoms with E-state index >= 15 is 0 Å². The van der Waals surface area contributed by atoms with Gasteiger partial charge in [0.05, 0.1) is 6.10 Å². The average Bonchev–Trinajstić information content (AvgIpc) is 2.39. The van der Waals surface area contributed by atoms with E-state index in [4.69, 9.17) is 4.74 Å². The minimum Gasteiger partial charge on any atom is -0.491 e. The van der Waals surface area contributed by atoms with Crippen molar-refractivity contribution in [2.75, 3.05) is 5.32 Å². The first-order valence-electron chi connectivity index (χ1n) is 7.26. The van der Waals surface area contributed by atoms with Crippen molar-refractivity contribution in [2.45, 2.75) is 52.7 Å². The Morgan fingerprint density at radius 1 is 1.10 bits per heavy atom. The summed E-state index contributed by atoms with van der Waals surface area (Å²) in [6.07, 6.45) is 0.772. The monoisotopic (exact) mass is 292 g/mol. The molecule has 0 aromatic heterocycles. The summed E-state index contributed by atoms with van der Waals surface area (Å²) < 4.78 is 5.52. The minimum atomic E-state index is -0.326. The summed E-state index contributed by atoms with van der Waals surface area (Å²) in [5, 5.41) is 5.45. The predicted octanol–water partition coefficient (Wildman–Crippen LogP) is 2.72. The second-order valence-electron chi connectivity index (χ2n) is 5.29. The molecule has 2 amide bonds. The van der Waals surface area contributed by atoms with Gasteiger partial charge in [0.25, 0.3) is 0 Å². The smallest absolute Gasteiger partial charge is 0.233 e. The van der Waals surface area contributed by atoms with Crippen LogP contribution in [0.3, 0.4) is 0 Å². The first-order valence-corrected chi connectivity index (χ1v) is 7.26. The van der Waals surface area contributed by atoms with Crippen molar-refractivity contribution in [3.05, 3.63) is 24.3 Å². The van der Waals surface area contributed by atoms with Crippen LogP contribution in [0.5, 0.6) is 5.75 Å². The Morgan fingerprint density at radius 3 is 2.24 bits per heavy atom. The maximum Gasteiger partial charge on any atom is 0.233 e. The fraction of sp³-hybridized carbons (Fsp3) is 0.500. The lowest BCUT2D eigenvalue weighted by Crippen LogP contribution is -2.34. The molecule has 0 fully saturated rings. The number of carbonyl (C=O) groups excluding carboxylic acids is 2. The van der Waals surface area contributed by atoms with Gasteiger partial charge in [0.15, 0.2) is 0 Å². The van der Waals surface area contributed by atoms with Crippen LogP contribution in [0, 0.1) is 0 Å². The van der Waals surface area contributed by atoms with E-state index in [1.807, 2.05) is 27.7 Å². The molecule has 0 aliphatic carbocycles. The maximum atomic E-state index is 11.8. The van der Waals surface area contributed by atoms with Gasteiger partial charge in [-0.2, -0.15) is 0 Å². The van der Waals surface area contributed by atoms with Crippen LogP contribution in [-0.4, -0.2) is 24.0 Å². The van der Waals surface area contributed by atoms with Crippen molar-refractivity contribution < 1.29 is 14.3 Å². The molecule has 2 N–H and O–H groups in total. The molecule has 116 valence electrons. The number of carbonyl (C=O) groups is 2. The number of hydrogen-bond donors (Lipinski definition) is 2. The van der Waals surface area contributed by atoms with Crippen molar-refractivity contribution >= 4 is 17.5 Å². The highest BCUT2D eigenvalue weighted by atomic mass is 16.5. The van der Waals surface area contributed by atoms with Crippen molar-refractivity contribution in [3.63, 3.8) is 0 Å². The van der Waals surface area contributed by atoms with Gasteiger partial charge >= 0.3 is 0 Å². The number of hydrogen-bond acceptors (Lipinski definition) is 3. The van der Waals surface area contributed by atoms with Crippen LogP contribution < -0.4 is 15.4 Å². The molecule has 1 unspecified atom stereocenters. The van der Waals surface area contributed by atoms with Crippen molar-refractivity contribution in [1.82, 2.24) is 5.32 Å². The molecular formula is C16H24N2O3. The zero-order valence-electron chi connectivity index (χ0n) is 13.1. The van der Waals surface area contributed by atoms with Crippen molar-refractivity contribution in [1.29, 1.82) is 0 Å². The Bertz CT molecular complexity index is 469. The molecule has 0 aliphatic heterocycles. The number of nitrogens with one attached hydrogen (secondary N) is 2. The van der Waals surface area contributed by atoms with E-state index in [1.165, 1.54) is 0 Å². The Labute approximate surface area is 126 Å². The summed E-state index contributed by atoms with van der Waals surface area (Å²) in [6, 6.07) is 7.16. The molecule has 0 aliphatic rings. The first-order chi connectivity index (χ1) is 9.90. The Balaban J connectivity index is 2.45. The second kappa shape index (κ2) is 8.29. The molecular weight excluding hydrogens is 268 g/mol. The van der Waals surface area contributed by atoms with Gasteiger partial charge in [-0.1, -0.05) is 6.92 Å². The highest BCUT2D eigenvalue weighted by Gasteiger charge is 2.11. The summed E-state index contributed by atoms with van der Waals surface area (Å²) in [5.41, 5.74) is 0.646. The normalized spacial score (nSPS) is 11.9. The molecule has 1 rings (SSSR count). The topological polar surface area (TPSA) is 67.4 Å². The lowest BCUT2D eigenvalue weighted by Gasteiger charge is -2.12. The van der Waals surface area contributed by atoms with Gasteiger partial charge in [-0.05, 0) is 51.5 Å². The number of rotatable bonds is 7. The summed E-state index contributed by atoms with van der Waals surface area (Å²) in [7, 11) is 0. The standard InChI is InChI=1S/C16H24N2O3/c1-5-12(4)17-15(19)10-16(20)18-13-6-8-14(9-7-13)21-11(2)3/h6-9,11-12H,5,10H2,1-4H3,(H,17,19)(H,18,20). The molecule has 1 aromatic carbocycles. The fourth-order valence-electron chi connectivity index (χ4n) is 1.67. The van der Waals surface area contributed by atoms with Gasteiger partial charge in [-0.15, -0.1) is 0 Å². The van der Waals surface area contributed by atoms with Crippen molar-refractivity contribution in [2.24, 2.45) is 0 Å². The lowest BCUT2D eigenvalue weighted by molar-refractivity contribution is -0.127. The lowest BCUT2D eigenvalue weighted by atomic mass is 10.2. The largest absolute Gasteiger partial charge is 0.491 e. The molecule has 0 bridgehead atoms. The molecule has 0 saturated carbocycles. The Kier molecular flexibility index (Phi) is 6.72. The van der Waals surface area contributed by atoms with Gasteiger partial charge in [0, 0.05) is 11.7 Å². The van der Waals surface area contributed by atoms with E-state index in [2.05, 4.69) is 10.6 Å². The third-order valence-corrected chi connectivity index (χ3v) is 2.85. The quantitative estimate of drug-likeness (QED) is 0.759. The second-order valence-corrected chi connectivity index (χ2v) is 5.29. The van der Waals surface area contributed by atoms with E-state index in [0.29, 0.717) is 5.69 Å². The van der Waals surface area contributed by atoms with E-state index in [1.54, 1.807) is 24.3 Å². The van der Waals surface area contributed by atoms with Crippen LogP contribution >= 0.6 is 0 Å². The first kappa shape index (κ1) is 17.0. The zero-order chi connectivity index (χ0) is 15.8. The predicted molar refractivity (Wildman–Crippen MR) is 83.3 cm³/mol. The molecule has 0 radical (unpaired) electrons. The Hall–Kier alpha value is -2.04. The highest BCUT2D eigenvalue weighted by molar-refractivity contribution is 6.03. The van der Waals surface area contributed by atoms with Gasteiger partial charge in [0.2, 0.25) is 11.8 Å². The number of benzene rings is 1. The third kappa shape index (κ3) is 6.79. The number of ether oxygens (including phenoxy) is 1. The third-order valence-electron chi connectivity index (χ3n) is 2.85. The summed E-state index contributed by atoms with van der Waals surface area (Å²) in [4.78, 5) is 23.3. The molecule has 0 saturated heterocycles. The highest BCUT2D eigenvalue weighted by Crippen LogP contribution is 2.17. The molecule has 0 heterocycles. The molecule has 5 heteroatoms. The van der Waals surface area contributed by atoms with Gasteiger partial charge < -0.3 is 15.4 Å². The fourth-order valence-corrected chi connectivity index (χ4v) is 1.67. The van der Waals surface area contributed by atoms with Crippen LogP contribution in [0.4, 0.5) is 5.69 Å². The van der Waals surface area contributed by atoms with Gasteiger partial charge in [0.1, 0.15) is 12.2 Å². The van der Waals surface area contributed by atoms with Gasteiger partial charge in [-0.25, -0.2) is 0 Å². The van der Waals surface area contributed by atoms with Crippen LogP contribution in [0.25, 0.3) is 0 Å². The molecule has 5 nitrogen and oxygen atoms in total. The van der Waals surface area contributed by atoms with E-state index < -0.39 is 0 Å². The zero-order valence-corrected chi connectivity index (χ0v) is 13.1. The summed E-state index contributed by atoms with van der Waals surface area (Å²) in [6.45, 7) is 7.78.